The summed E-state index contributed by atoms with van der Waals surface area (Å²) in [5, 5.41) is 0.0412. The highest BCUT2D eigenvalue weighted by Gasteiger charge is 2.39. The molecule has 0 aliphatic heterocycles. The molecule has 0 saturated carbocycles. The Hall–Kier alpha value is -2.12. The standard InChI is InChI=1S/C24H38N2O4Si/c1-17-21(29-7)16-18(26(6)22(17)27)12-10-14-20(30-31(8,9)24(2,3)4)19-13-11-15-25(5)23(19)28/h11,13,15-16,20H,10,12,14H2,1-9H3/t20-/m0/s1. The molecule has 0 aromatic carbocycles. The molecule has 0 aliphatic carbocycles. The average Bonchev–Trinajstić information content (AvgIpc) is 2.68. The molecule has 0 saturated heterocycles. The number of hydrogen-bond acceptors (Lipinski definition) is 4. The van der Waals surface area contributed by atoms with Gasteiger partial charge in [-0.2, -0.15) is 0 Å². The first-order valence-corrected chi connectivity index (χ1v) is 13.8. The van der Waals surface area contributed by atoms with Crippen LogP contribution >= 0.6 is 0 Å². The van der Waals surface area contributed by atoms with E-state index in [9.17, 15) is 9.59 Å². The van der Waals surface area contributed by atoms with Gasteiger partial charge >= 0.3 is 0 Å². The summed E-state index contributed by atoms with van der Waals surface area (Å²) < 4.78 is 15.4. The lowest BCUT2D eigenvalue weighted by Crippen LogP contribution is -2.42. The fraction of sp³-hybridized carbons (Fsp3) is 0.583. The number of aromatic nitrogens is 2. The van der Waals surface area contributed by atoms with Gasteiger partial charge in [0.2, 0.25) is 0 Å². The molecule has 1 atom stereocenters. The second kappa shape index (κ2) is 9.57. The van der Waals surface area contributed by atoms with E-state index in [1.165, 1.54) is 0 Å². The molecule has 0 spiro atoms. The van der Waals surface area contributed by atoms with Gasteiger partial charge in [-0.3, -0.25) is 9.59 Å². The molecule has 7 heteroatoms. The summed E-state index contributed by atoms with van der Waals surface area (Å²) in [6.07, 6.45) is 3.69. The van der Waals surface area contributed by atoms with Crippen molar-refractivity contribution in [1.29, 1.82) is 0 Å². The van der Waals surface area contributed by atoms with Crippen LogP contribution in [0.25, 0.3) is 0 Å². The van der Waals surface area contributed by atoms with Crippen LogP contribution < -0.4 is 15.9 Å². The van der Waals surface area contributed by atoms with Crippen LogP contribution in [-0.2, 0) is 24.9 Å². The van der Waals surface area contributed by atoms with E-state index in [4.69, 9.17) is 9.16 Å². The minimum Gasteiger partial charge on any atom is -0.496 e. The molecule has 0 fully saturated rings. The van der Waals surface area contributed by atoms with Gasteiger partial charge in [0.05, 0.1) is 18.8 Å². The molecule has 0 radical (unpaired) electrons. The lowest BCUT2D eigenvalue weighted by atomic mass is 10.0. The van der Waals surface area contributed by atoms with Crippen molar-refractivity contribution in [1.82, 2.24) is 9.13 Å². The molecule has 6 nitrogen and oxygen atoms in total. The smallest absolute Gasteiger partial charge is 0.257 e. The molecule has 0 bridgehead atoms. The van der Waals surface area contributed by atoms with Crippen LogP contribution in [0.15, 0.2) is 34.0 Å². The van der Waals surface area contributed by atoms with Crippen LogP contribution in [0.4, 0.5) is 0 Å². The third-order valence-electron chi connectivity index (χ3n) is 6.59. The lowest BCUT2D eigenvalue weighted by molar-refractivity contribution is 0.169. The summed E-state index contributed by atoms with van der Waals surface area (Å²) in [5.41, 5.74) is 2.17. The number of hydrogen-bond donors (Lipinski definition) is 0. The molecular weight excluding hydrogens is 408 g/mol. The van der Waals surface area contributed by atoms with Crippen molar-refractivity contribution in [3.05, 3.63) is 61.9 Å². The van der Waals surface area contributed by atoms with Gasteiger partial charge in [-0.25, -0.2) is 0 Å². The molecule has 0 amide bonds. The van der Waals surface area contributed by atoms with Crippen LogP contribution in [0.1, 0.15) is 56.5 Å². The monoisotopic (exact) mass is 446 g/mol. The Morgan fingerprint density at radius 3 is 2.35 bits per heavy atom. The molecule has 2 heterocycles. The topological polar surface area (TPSA) is 62.5 Å². The maximum atomic E-state index is 12.8. The van der Waals surface area contributed by atoms with E-state index in [-0.39, 0.29) is 22.3 Å². The first kappa shape index (κ1) is 25.1. The summed E-state index contributed by atoms with van der Waals surface area (Å²) in [7, 11) is 3.06. The summed E-state index contributed by atoms with van der Waals surface area (Å²) in [6, 6.07) is 5.71. The van der Waals surface area contributed by atoms with E-state index >= 15 is 0 Å². The fourth-order valence-electron chi connectivity index (χ4n) is 3.44. The maximum absolute atomic E-state index is 12.8. The number of nitrogens with zero attached hydrogens (tertiary/aromatic N) is 2. The zero-order chi connectivity index (χ0) is 23.6. The Morgan fingerprint density at radius 2 is 1.77 bits per heavy atom. The average molecular weight is 447 g/mol. The summed E-state index contributed by atoms with van der Waals surface area (Å²) >= 11 is 0. The van der Waals surface area contributed by atoms with Crippen LogP contribution in [-0.4, -0.2) is 24.6 Å². The normalized spacial score (nSPS) is 13.3. The van der Waals surface area contributed by atoms with Gasteiger partial charge < -0.3 is 18.3 Å². The Morgan fingerprint density at radius 1 is 1.13 bits per heavy atom. The number of pyridine rings is 2. The second-order valence-electron chi connectivity index (χ2n) is 9.83. The third kappa shape index (κ3) is 5.57. The van der Waals surface area contributed by atoms with Crippen molar-refractivity contribution in [2.45, 2.75) is 71.2 Å². The van der Waals surface area contributed by atoms with E-state index in [2.05, 4.69) is 33.9 Å². The Bertz CT molecular complexity index is 1030. The van der Waals surface area contributed by atoms with E-state index in [1.807, 2.05) is 18.2 Å². The zero-order valence-electron chi connectivity index (χ0n) is 20.5. The van der Waals surface area contributed by atoms with Gasteiger partial charge in [0.15, 0.2) is 8.32 Å². The number of aryl methyl sites for hydroxylation is 2. The first-order valence-electron chi connectivity index (χ1n) is 10.9. The van der Waals surface area contributed by atoms with E-state index in [1.54, 1.807) is 43.5 Å². The molecule has 0 N–H and O–H groups in total. The van der Waals surface area contributed by atoms with Gasteiger partial charge in [0, 0.05) is 37.6 Å². The fourth-order valence-corrected chi connectivity index (χ4v) is 4.75. The van der Waals surface area contributed by atoms with Crippen molar-refractivity contribution in [2.24, 2.45) is 14.1 Å². The Balaban J connectivity index is 2.31. The van der Waals surface area contributed by atoms with Gasteiger partial charge in [0.1, 0.15) is 5.75 Å². The highest BCUT2D eigenvalue weighted by molar-refractivity contribution is 6.74. The molecule has 31 heavy (non-hydrogen) atoms. The molecule has 0 unspecified atom stereocenters. The van der Waals surface area contributed by atoms with Gasteiger partial charge in [-0.15, -0.1) is 0 Å². The van der Waals surface area contributed by atoms with Crippen molar-refractivity contribution >= 4 is 8.32 Å². The molecular formula is C24H38N2O4Si. The van der Waals surface area contributed by atoms with Crippen molar-refractivity contribution in [3.63, 3.8) is 0 Å². The molecule has 2 rings (SSSR count). The van der Waals surface area contributed by atoms with Crippen LogP contribution in [0, 0.1) is 6.92 Å². The van der Waals surface area contributed by atoms with E-state index < -0.39 is 8.32 Å². The second-order valence-corrected chi connectivity index (χ2v) is 14.6. The number of methoxy groups -OCH3 is 1. The molecule has 2 aromatic rings. The van der Waals surface area contributed by atoms with Crippen LogP contribution in [0.3, 0.4) is 0 Å². The highest BCUT2D eigenvalue weighted by atomic mass is 28.4. The van der Waals surface area contributed by atoms with Crippen molar-refractivity contribution in [2.75, 3.05) is 7.11 Å². The maximum Gasteiger partial charge on any atom is 0.257 e. The SMILES string of the molecule is COc1cc(CCC[C@H](O[Si](C)(C)C(C)(C)C)c2cccn(C)c2=O)n(C)c(=O)c1C. The van der Waals surface area contributed by atoms with Crippen molar-refractivity contribution in [3.8, 4) is 5.75 Å². The third-order valence-corrected chi connectivity index (χ3v) is 11.1. The Kier molecular flexibility index (Phi) is 7.76. The summed E-state index contributed by atoms with van der Waals surface area (Å²) in [5.74, 6) is 0.615. The molecule has 172 valence electrons. The highest BCUT2D eigenvalue weighted by Crippen LogP contribution is 2.40. The van der Waals surface area contributed by atoms with Crippen molar-refractivity contribution < 1.29 is 9.16 Å². The van der Waals surface area contributed by atoms with Crippen LogP contribution in [0.5, 0.6) is 5.75 Å². The summed E-state index contributed by atoms with van der Waals surface area (Å²) in [4.78, 5) is 25.3. The van der Waals surface area contributed by atoms with Gasteiger partial charge in [-0.1, -0.05) is 20.8 Å². The number of rotatable bonds is 8. The minimum atomic E-state index is -2.09. The summed E-state index contributed by atoms with van der Waals surface area (Å²) in [6.45, 7) is 12.8. The van der Waals surface area contributed by atoms with Gasteiger partial charge in [0.25, 0.3) is 11.1 Å². The predicted octanol–water partition coefficient (Wildman–Crippen LogP) is 4.49. The quantitative estimate of drug-likeness (QED) is 0.561. The van der Waals surface area contributed by atoms with E-state index in [0.29, 0.717) is 29.7 Å². The minimum absolute atomic E-state index is 0.0179. The predicted molar refractivity (Wildman–Crippen MR) is 129 cm³/mol. The molecule has 2 aromatic heterocycles. The van der Waals surface area contributed by atoms with Gasteiger partial charge in [-0.05, 0) is 56.5 Å². The molecule has 0 aliphatic rings. The lowest BCUT2D eigenvalue weighted by Gasteiger charge is -2.39. The van der Waals surface area contributed by atoms with Crippen LogP contribution in [0.2, 0.25) is 18.1 Å². The van der Waals surface area contributed by atoms with E-state index in [0.717, 1.165) is 12.1 Å². The Labute approximate surface area is 187 Å². The largest absolute Gasteiger partial charge is 0.496 e. The first-order chi connectivity index (χ1) is 14.3. The zero-order valence-corrected chi connectivity index (χ0v) is 21.5. The number of ether oxygens (including phenoxy) is 1.